The molecule has 0 heterocycles. The lowest BCUT2D eigenvalue weighted by molar-refractivity contribution is 0.149. The molecule has 0 saturated heterocycles. The summed E-state index contributed by atoms with van der Waals surface area (Å²) < 4.78 is 5.14. The van der Waals surface area contributed by atoms with Crippen LogP contribution in [0, 0.1) is 5.41 Å². The van der Waals surface area contributed by atoms with Crippen molar-refractivity contribution in [2.75, 3.05) is 20.3 Å². The molecular formula is C16H27NO2. The van der Waals surface area contributed by atoms with Gasteiger partial charge in [0.2, 0.25) is 0 Å². The van der Waals surface area contributed by atoms with Gasteiger partial charge in [0.15, 0.2) is 0 Å². The van der Waals surface area contributed by atoms with Crippen molar-refractivity contribution in [3.63, 3.8) is 0 Å². The quantitative estimate of drug-likeness (QED) is 0.759. The van der Waals surface area contributed by atoms with Crippen LogP contribution >= 0.6 is 0 Å². The van der Waals surface area contributed by atoms with Crippen LogP contribution in [0.5, 0.6) is 5.75 Å². The van der Waals surface area contributed by atoms with Gasteiger partial charge in [-0.1, -0.05) is 26.0 Å². The van der Waals surface area contributed by atoms with E-state index in [1.165, 1.54) is 5.56 Å². The van der Waals surface area contributed by atoms with E-state index in [4.69, 9.17) is 4.74 Å². The Bertz CT molecular complexity index is 360. The van der Waals surface area contributed by atoms with E-state index in [9.17, 15) is 5.11 Å². The molecule has 3 nitrogen and oxygen atoms in total. The molecule has 0 saturated carbocycles. The fraction of sp³-hybridized carbons (Fsp3) is 0.625. The Morgan fingerprint density at radius 2 is 1.89 bits per heavy atom. The summed E-state index contributed by atoms with van der Waals surface area (Å²) in [6.07, 6.45) is 2.03. The number of aromatic hydroxyl groups is 1. The van der Waals surface area contributed by atoms with Gasteiger partial charge in [0, 0.05) is 26.3 Å². The first-order chi connectivity index (χ1) is 8.93. The lowest BCUT2D eigenvalue weighted by Gasteiger charge is -2.27. The fourth-order valence-corrected chi connectivity index (χ4v) is 1.98. The second-order valence-electron chi connectivity index (χ2n) is 6.06. The first-order valence-electron chi connectivity index (χ1n) is 6.93. The molecule has 0 fully saturated rings. The van der Waals surface area contributed by atoms with Crippen LogP contribution in [0.25, 0.3) is 0 Å². The van der Waals surface area contributed by atoms with Gasteiger partial charge >= 0.3 is 0 Å². The number of methoxy groups -OCH3 is 1. The van der Waals surface area contributed by atoms with Gasteiger partial charge in [0.1, 0.15) is 5.75 Å². The molecule has 1 unspecified atom stereocenters. The molecule has 0 aromatic heterocycles. The Morgan fingerprint density at radius 3 is 2.47 bits per heavy atom. The average molecular weight is 265 g/mol. The van der Waals surface area contributed by atoms with Crippen LogP contribution in [0.15, 0.2) is 24.3 Å². The third-order valence-electron chi connectivity index (χ3n) is 3.39. The van der Waals surface area contributed by atoms with Crippen LogP contribution in [0.4, 0.5) is 0 Å². The number of phenols is 1. The van der Waals surface area contributed by atoms with E-state index in [0.29, 0.717) is 11.8 Å². The SMILES string of the molecule is COCCC(C)(C)CNC(C)Cc1ccc(O)cc1. The van der Waals surface area contributed by atoms with Crippen molar-refractivity contribution in [1.82, 2.24) is 5.32 Å². The van der Waals surface area contributed by atoms with Gasteiger partial charge in [0.05, 0.1) is 0 Å². The lowest BCUT2D eigenvalue weighted by Crippen LogP contribution is -2.37. The van der Waals surface area contributed by atoms with Gasteiger partial charge in [-0.15, -0.1) is 0 Å². The summed E-state index contributed by atoms with van der Waals surface area (Å²) in [7, 11) is 1.75. The second-order valence-corrected chi connectivity index (χ2v) is 6.06. The van der Waals surface area contributed by atoms with Crippen LogP contribution in [0.3, 0.4) is 0 Å². The maximum atomic E-state index is 9.26. The van der Waals surface area contributed by atoms with Crippen molar-refractivity contribution in [3.05, 3.63) is 29.8 Å². The second kappa shape index (κ2) is 7.51. The van der Waals surface area contributed by atoms with Gasteiger partial charge in [-0.2, -0.15) is 0 Å². The topological polar surface area (TPSA) is 41.5 Å². The lowest BCUT2D eigenvalue weighted by atomic mass is 9.89. The van der Waals surface area contributed by atoms with Crippen LogP contribution in [0.2, 0.25) is 0 Å². The third kappa shape index (κ3) is 6.60. The molecule has 0 aliphatic carbocycles. The Labute approximate surface area is 117 Å². The number of nitrogens with one attached hydrogen (secondary N) is 1. The summed E-state index contributed by atoms with van der Waals surface area (Å²) in [6.45, 7) is 8.49. The summed E-state index contributed by atoms with van der Waals surface area (Å²) in [4.78, 5) is 0. The van der Waals surface area contributed by atoms with Crippen LogP contribution in [0.1, 0.15) is 32.8 Å². The monoisotopic (exact) mass is 265 g/mol. The summed E-state index contributed by atoms with van der Waals surface area (Å²) in [5, 5.41) is 12.8. The highest BCUT2D eigenvalue weighted by molar-refractivity contribution is 5.26. The molecule has 1 rings (SSSR count). The number of phenolic OH excluding ortho intramolecular Hbond substituents is 1. The van der Waals surface area contributed by atoms with E-state index in [2.05, 4.69) is 26.1 Å². The molecule has 0 radical (unpaired) electrons. The molecule has 1 aromatic carbocycles. The van der Waals surface area contributed by atoms with Gasteiger partial charge in [0.25, 0.3) is 0 Å². The van der Waals surface area contributed by atoms with Crippen molar-refractivity contribution in [2.45, 2.75) is 39.7 Å². The molecule has 0 amide bonds. The highest BCUT2D eigenvalue weighted by atomic mass is 16.5. The number of rotatable bonds is 8. The number of hydrogen-bond acceptors (Lipinski definition) is 3. The van der Waals surface area contributed by atoms with E-state index < -0.39 is 0 Å². The summed E-state index contributed by atoms with van der Waals surface area (Å²) >= 11 is 0. The first kappa shape index (κ1) is 16.0. The number of hydrogen-bond donors (Lipinski definition) is 2. The molecule has 3 heteroatoms. The normalized spacial score (nSPS) is 13.5. The zero-order valence-electron chi connectivity index (χ0n) is 12.6. The third-order valence-corrected chi connectivity index (χ3v) is 3.39. The molecule has 19 heavy (non-hydrogen) atoms. The zero-order valence-corrected chi connectivity index (χ0v) is 12.6. The van der Waals surface area contributed by atoms with E-state index in [1.54, 1.807) is 19.2 Å². The molecule has 0 spiro atoms. The van der Waals surface area contributed by atoms with Gasteiger partial charge in [-0.3, -0.25) is 0 Å². The predicted molar refractivity (Wildman–Crippen MR) is 79.5 cm³/mol. The van der Waals surface area contributed by atoms with Gasteiger partial charge in [-0.25, -0.2) is 0 Å². The standard InChI is InChI=1S/C16H27NO2/c1-13(11-14-5-7-15(18)8-6-14)17-12-16(2,3)9-10-19-4/h5-8,13,17-18H,9-12H2,1-4H3. The predicted octanol–water partition coefficient (Wildman–Crippen LogP) is 2.98. The van der Waals surface area contributed by atoms with Crippen molar-refractivity contribution in [3.8, 4) is 5.75 Å². The molecule has 0 aliphatic heterocycles. The summed E-state index contributed by atoms with van der Waals surface area (Å²) in [6, 6.07) is 7.86. The van der Waals surface area contributed by atoms with Crippen molar-refractivity contribution in [1.29, 1.82) is 0 Å². The molecule has 108 valence electrons. The van der Waals surface area contributed by atoms with Crippen LogP contribution in [-0.2, 0) is 11.2 Å². The van der Waals surface area contributed by atoms with Gasteiger partial charge in [-0.05, 0) is 42.9 Å². The number of benzene rings is 1. The maximum Gasteiger partial charge on any atom is 0.115 e. The molecule has 0 bridgehead atoms. The maximum absolute atomic E-state index is 9.26. The Kier molecular flexibility index (Phi) is 6.32. The molecule has 2 N–H and O–H groups in total. The van der Waals surface area contributed by atoms with Crippen LogP contribution in [-0.4, -0.2) is 31.4 Å². The largest absolute Gasteiger partial charge is 0.508 e. The average Bonchev–Trinajstić information content (AvgIpc) is 2.37. The minimum Gasteiger partial charge on any atom is -0.508 e. The Morgan fingerprint density at radius 1 is 1.26 bits per heavy atom. The van der Waals surface area contributed by atoms with Crippen molar-refractivity contribution >= 4 is 0 Å². The zero-order chi connectivity index (χ0) is 14.3. The van der Waals surface area contributed by atoms with E-state index >= 15 is 0 Å². The summed E-state index contributed by atoms with van der Waals surface area (Å²) in [5.74, 6) is 0.324. The van der Waals surface area contributed by atoms with Crippen LogP contribution < -0.4 is 5.32 Å². The minimum atomic E-state index is 0.249. The Hall–Kier alpha value is -1.06. The molecule has 0 aliphatic rings. The highest BCUT2D eigenvalue weighted by Crippen LogP contribution is 2.19. The number of ether oxygens (including phenoxy) is 1. The van der Waals surface area contributed by atoms with Crippen molar-refractivity contribution < 1.29 is 9.84 Å². The molecule has 1 atom stereocenters. The fourth-order valence-electron chi connectivity index (χ4n) is 1.98. The van der Waals surface area contributed by atoms with Crippen molar-refractivity contribution in [2.24, 2.45) is 5.41 Å². The minimum absolute atomic E-state index is 0.249. The molecule has 1 aromatic rings. The highest BCUT2D eigenvalue weighted by Gasteiger charge is 2.18. The Balaban J connectivity index is 2.34. The summed E-state index contributed by atoms with van der Waals surface area (Å²) in [5.41, 5.74) is 1.49. The van der Waals surface area contributed by atoms with E-state index in [-0.39, 0.29) is 5.41 Å². The van der Waals surface area contributed by atoms with Gasteiger partial charge < -0.3 is 15.2 Å². The smallest absolute Gasteiger partial charge is 0.115 e. The van der Waals surface area contributed by atoms with E-state index in [0.717, 1.165) is 26.0 Å². The first-order valence-corrected chi connectivity index (χ1v) is 6.93. The molecular weight excluding hydrogens is 238 g/mol. The van der Waals surface area contributed by atoms with E-state index in [1.807, 2.05) is 12.1 Å².